The Bertz CT molecular complexity index is 1430. The second kappa shape index (κ2) is 11.4. The summed E-state index contributed by atoms with van der Waals surface area (Å²) in [5.74, 6) is 1.04. The molecule has 2 aromatic carbocycles. The van der Waals surface area contributed by atoms with Gasteiger partial charge in [-0.05, 0) is 49.4 Å². The molecule has 1 aliphatic rings. The topological polar surface area (TPSA) is 71.9 Å². The van der Waals surface area contributed by atoms with Crippen LogP contribution in [0.1, 0.15) is 16.1 Å². The van der Waals surface area contributed by atoms with Crippen molar-refractivity contribution < 1.29 is 18.7 Å². The fraction of sp³-hybridized carbons (Fsp3) is 0.357. The number of methoxy groups -OCH3 is 2. The molecule has 0 aliphatic carbocycles. The van der Waals surface area contributed by atoms with Crippen LogP contribution in [0.15, 0.2) is 48.5 Å². The molecule has 0 radical (unpaired) electrons. The summed E-state index contributed by atoms with van der Waals surface area (Å²) in [7, 11) is 5.10. The maximum absolute atomic E-state index is 14.1. The Morgan fingerprint density at radius 1 is 1.05 bits per heavy atom. The summed E-state index contributed by atoms with van der Waals surface area (Å²) < 4.78 is 26.7. The molecule has 0 saturated carbocycles. The Balaban J connectivity index is 1.15. The molecule has 0 bridgehead atoms. The second-order valence-electron chi connectivity index (χ2n) is 9.26. The Morgan fingerprint density at radius 3 is 2.55 bits per heavy atom. The van der Waals surface area contributed by atoms with Crippen molar-refractivity contribution >= 4 is 33.1 Å². The highest BCUT2D eigenvalue weighted by atomic mass is 32.1. The normalized spacial score (nSPS) is 14.2. The molecule has 200 valence electrons. The monoisotopic (exact) mass is 537 g/mol. The van der Waals surface area contributed by atoms with E-state index in [1.807, 2.05) is 48.1 Å². The van der Waals surface area contributed by atoms with Gasteiger partial charge in [0.05, 0.1) is 24.8 Å². The molecule has 2 aromatic heterocycles. The number of ether oxygens (including phenoxy) is 2. The second-order valence-corrected chi connectivity index (χ2v) is 10.3. The third-order valence-corrected chi connectivity index (χ3v) is 8.10. The Morgan fingerprint density at radius 2 is 1.82 bits per heavy atom. The minimum absolute atomic E-state index is 0.0752. The van der Waals surface area contributed by atoms with Crippen LogP contribution in [0.2, 0.25) is 0 Å². The largest absolute Gasteiger partial charge is 0.493 e. The van der Waals surface area contributed by atoms with Gasteiger partial charge in [0.2, 0.25) is 0 Å². The SMILES string of the molecule is COc1ccc(-c2nn(C)c3sc(C(=O)NCCCN4CCN(c5ccccc5F)CC4)cc23)cc1OC. The van der Waals surface area contributed by atoms with Crippen LogP contribution in [0, 0.1) is 5.82 Å². The standard InChI is InChI=1S/C28H32FN5O3S/c1-32-28-20(26(31-32)19-9-10-23(36-2)24(17-19)37-3)18-25(38-28)27(35)30-11-6-12-33-13-15-34(16-14-33)22-8-5-4-7-21(22)29/h4-5,7-10,17-18H,6,11-16H2,1-3H3,(H,30,35). The number of nitrogens with zero attached hydrogens (tertiary/aromatic N) is 4. The molecule has 8 nitrogen and oxygen atoms in total. The number of benzene rings is 2. The van der Waals surface area contributed by atoms with Crippen molar-refractivity contribution in [2.24, 2.45) is 7.05 Å². The minimum atomic E-state index is -0.170. The number of aromatic nitrogens is 2. The Hall–Kier alpha value is -3.63. The van der Waals surface area contributed by atoms with Crippen LogP contribution in [-0.4, -0.2) is 74.1 Å². The molecule has 0 unspecified atom stereocenters. The summed E-state index contributed by atoms with van der Waals surface area (Å²) in [6, 6.07) is 14.5. The molecule has 3 heterocycles. The third-order valence-electron chi connectivity index (χ3n) is 6.89. The zero-order chi connectivity index (χ0) is 26.6. The van der Waals surface area contributed by atoms with E-state index < -0.39 is 0 Å². The minimum Gasteiger partial charge on any atom is -0.493 e. The van der Waals surface area contributed by atoms with Crippen molar-refractivity contribution in [2.75, 3.05) is 58.4 Å². The molecule has 38 heavy (non-hydrogen) atoms. The number of para-hydroxylation sites is 1. The molecule has 5 rings (SSSR count). The van der Waals surface area contributed by atoms with Gasteiger partial charge in [0.1, 0.15) is 16.3 Å². The molecular formula is C28H32FN5O3S. The first kappa shape index (κ1) is 26.0. The first-order valence-electron chi connectivity index (χ1n) is 12.7. The van der Waals surface area contributed by atoms with Crippen molar-refractivity contribution in [1.82, 2.24) is 20.0 Å². The van der Waals surface area contributed by atoms with Crippen LogP contribution in [0.4, 0.5) is 10.1 Å². The molecule has 0 spiro atoms. The van der Waals surface area contributed by atoms with Crippen LogP contribution in [0.25, 0.3) is 21.5 Å². The van der Waals surface area contributed by atoms with Gasteiger partial charge in [-0.1, -0.05) is 12.1 Å². The van der Waals surface area contributed by atoms with E-state index in [0.29, 0.717) is 28.6 Å². The fourth-order valence-electron chi connectivity index (χ4n) is 4.86. The predicted molar refractivity (Wildman–Crippen MR) is 149 cm³/mol. The van der Waals surface area contributed by atoms with Crippen LogP contribution in [0.5, 0.6) is 11.5 Å². The van der Waals surface area contributed by atoms with Crippen molar-refractivity contribution in [3.8, 4) is 22.8 Å². The number of carbonyl (C=O) groups is 1. The number of nitrogens with one attached hydrogen (secondary N) is 1. The highest BCUT2D eigenvalue weighted by Gasteiger charge is 2.21. The third kappa shape index (κ3) is 5.32. The van der Waals surface area contributed by atoms with Gasteiger partial charge >= 0.3 is 0 Å². The quantitative estimate of drug-likeness (QED) is 0.319. The highest BCUT2D eigenvalue weighted by molar-refractivity contribution is 7.20. The van der Waals surface area contributed by atoms with Gasteiger partial charge in [-0.2, -0.15) is 5.10 Å². The molecule has 1 aliphatic heterocycles. The first-order chi connectivity index (χ1) is 18.5. The highest BCUT2D eigenvalue weighted by Crippen LogP contribution is 2.37. The van der Waals surface area contributed by atoms with E-state index in [2.05, 4.69) is 20.2 Å². The average Bonchev–Trinajstić information content (AvgIpc) is 3.52. The average molecular weight is 538 g/mol. The molecule has 4 aromatic rings. The molecule has 1 N–H and O–H groups in total. The number of thiophene rings is 1. The number of halogens is 1. The fourth-order valence-corrected chi connectivity index (χ4v) is 5.85. The van der Waals surface area contributed by atoms with Crippen molar-refractivity contribution in [3.05, 3.63) is 59.2 Å². The van der Waals surface area contributed by atoms with E-state index in [-0.39, 0.29) is 11.7 Å². The lowest BCUT2D eigenvalue weighted by molar-refractivity contribution is 0.0955. The lowest BCUT2D eigenvalue weighted by Gasteiger charge is -2.36. The number of hydrogen-bond donors (Lipinski definition) is 1. The zero-order valence-corrected chi connectivity index (χ0v) is 22.7. The number of anilines is 1. The Kier molecular flexibility index (Phi) is 7.80. The van der Waals surface area contributed by atoms with Gasteiger partial charge in [0, 0.05) is 50.7 Å². The van der Waals surface area contributed by atoms with Gasteiger partial charge < -0.3 is 19.7 Å². The Labute approximate surface area is 225 Å². The maximum atomic E-state index is 14.1. The van der Waals surface area contributed by atoms with E-state index >= 15 is 0 Å². The van der Waals surface area contributed by atoms with E-state index in [1.165, 1.54) is 17.4 Å². The van der Waals surface area contributed by atoms with Gasteiger partial charge in [0.25, 0.3) is 5.91 Å². The smallest absolute Gasteiger partial charge is 0.261 e. The summed E-state index contributed by atoms with van der Waals surface area (Å²) in [5, 5.41) is 8.67. The number of piperazine rings is 1. The summed E-state index contributed by atoms with van der Waals surface area (Å²) in [5.41, 5.74) is 2.37. The lowest BCUT2D eigenvalue weighted by atomic mass is 10.1. The molecular weight excluding hydrogens is 505 g/mol. The number of fused-ring (bicyclic) bond motifs is 1. The van der Waals surface area contributed by atoms with Crippen LogP contribution >= 0.6 is 11.3 Å². The van der Waals surface area contributed by atoms with Crippen LogP contribution < -0.4 is 19.7 Å². The number of hydrogen-bond acceptors (Lipinski definition) is 7. The van der Waals surface area contributed by atoms with E-state index in [4.69, 9.17) is 9.47 Å². The number of aryl methyl sites for hydroxylation is 1. The van der Waals surface area contributed by atoms with Gasteiger partial charge in [0.15, 0.2) is 11.5 Å². The molecule has 0 atom stereocenters. The summed E-state index contributed by atoms with van der Waals surface area (Å²) >= 11 is 1.44. The van der Waals surface area contributed by atoms with Crippen molar-refractivity contribution in [3.63, 3.8) is 0 Å². The molecule has 1 amide bonds. The van der Waals surface area contributed by atoms with Gasteiger partial charge in [-0.25, -0.2) is 4.39 Å². The van der Waals surface area contributed by atoms with Crippen molar-refractivity contribution in [2.45, 2.75) is 6.42 Å². The predicted octanol–water partition coefficient (Wildman–Crippen LogP) is 4.40. The lowest BCUT2D eigenvalue weighted by Crippen LogP contribution is -2.47. The van der Waals surface area contributed by atoms with Gasteiger partial charge in [-0.3, -0.25) is 14.4 Å². The molecule has 1 saturated heterocycles. The van der Waals surface area contributed by atoms with Crippen LogP contribution in [-0.2, 0) is 7.05 Å². The summed E-state index contributed by atoms with van der Waals surface area (Å²) in [6.45, 7) is 4.85. The first-order valence-corrected chi connectivity index (χ1v) is 13.5. The van der Waals surface area contributed by atoms with E-state index in [1.54, 1.807) is 20.3 Å². The van der Waals surface area contributed by atoms with Crippen LogP contribution in [0.3, 0.4) is 0 Å². The van der Waals surface area contributed by atoms with Crippen molar-refractivity contribution in [1.29, 1.82) is 0 Å². The summed E-state index contributed by atoms with van der Waals surface area (Å²) in [6.07, 6.45) is 0.856. The maximum Gasteiger partial charge on any atom is 0.261 e. The van der Waals surface area contributed by atoms with E-state index in [0.717, 1.165) is 60.6 Å². The number of rotatable bonds is 9. The number of amides is 1. The van der Waals surface area contributed by atoms with E-state index in [9.17, 15) is 9.18 Å². The molecule has 10 heteroatoms. The summed E-state index contributed by atoms with van der Waals surface area (Å²) in [4.78, 5) is 19.0. The molecule has 1 fully saturated rings. The van der Waals surface area contributed by atoms with Gasteiger partial charge in [-0.15, -0.1) is 11.3 Å². The zero-order valence-electron chi connectivity index (χ0n) is 21.9. The number of carbonyl (C=O) groups excluding carboxylic acids is 1.